The lowest BCUT2D eigenvalue weighted by Crippen LogP contribution is -2.18. The van der Waals surface area contributed by atoms with Gasteiger partial charge in [0.2, 0.25) is 0 Å². The summed E-state index contributed by atoms with van der Waals surface area (Å²) >= 11 is 0. The number of furan rings is 1. The number of nitrogens with one attached hydrogen (secondary N) is 1. The summed E-state index contributed by atoms with van der Waals surface area (Å²) in [6.45, 7) is 4.24. The van der Waals surface area contributed by atoms with Crippen LogP contribution < -0.4 is 5.32 Å². The Morgan fingerprint density at radius 3 is 2.62 bits per heavy atom. The van der Waals surface area contributed by atoms with E-state index in [9.17, 15) is 0 Å². The Kier molecular flexibility index (Phi) is 3.11. The molecule has 0 fully saturated rings. The van der Waals surface area contributed by atoms with Crippen molar-refractivity contribution in [2.75, 3.05) is 7.05 Å². The average molecular weight is 215 g/mol. The van der Waals surface area contributed by atoms with E-state index in [1.54, 1.807) is 6.26 Å². The molecule has 2 aromatic rings. The van der Waals surface area contributed by atoms with E-state index in [4.69, 9.17) is 4.42 Å². The number of benzene rings is 1. The summed E-state index contributed by atoms with van der Waals surface area (Å²) in [6, 6.07) is 10.5. The fraction of sp³-hybridized carbons (Fsp3) is 0.286. The normalized spacial score (nSPS) is 12.7. The fourth-order valence-corrected chi connectivity index (χ4v) is 1.98. The summed E-state index contributed by atoms with van der Waals surface area (Å²) in [5.41, 5.74) is 3.83. The van der Waals surface area contributed by atoms with Gasteiger partial charge in [-0.1, -0.05) is 23.8 Å². The number of aryl methyl sites for hydroxylation is 2. The Hall–Kier alpha value is -1.54. The van der Waals surface area contributed by atoms with E-state index in [1.165, 1.54) is 16.7 Å². The summed E-state index contributed by atoms with van der Waals surface area (Å²) in [5, 5.41) is 3.30. The fourth-order valence-electron chi connectivity index (χ4n) is 1.98. The minimum absolute atomic E-state index is 0.134. The monoisotopic (exact) mass is 215 g/mol. The van der Waals surface area contributed by atoms with E-state index >= 15 is 0 Å². The molecule has 2 nitrogen and oxygen atoms in total. The van der Waals surface area contributed by atoms with Crippen LogP contribution >= 0.6 is 0 Å². The van der Waals surface area contributed by atoms with Crippen LogP contribution in [0.15, 0.2) is 41.0 Å². The molecule has 0 radical (unpaired) electrons. The van der Waals surface area contributed by atoms with Crippen LogP contribution in [0.4, 0.5) is 0 Å². The molecule has 0 aliphatic rings. The van der Waals surface area contributed by atoms with Crippen molar-refractivity contribution in [1.82, 2.24) is 5.32 Å². The minimum atomic E-state index is 0.134. The van der Waals surface area contributed by atoms with E-state index in [0.29, 0.717) is 0 Å². The third kappa shape index (κ3) is 2.02. The van der Waals surface area contributed by atoms with Crippen molar-refractivity contribution in [3.8, 4) is 0 Å². The molecule has 1 atom stereocenters. The van der Waals surface area contributed by atoms with Gasteiger partial charge < -0.3 is 9.73 Å². The van der Waals surface area contributed by atoms with Gasteiger partial charge in [0.25, 0.3) is 0 Å². The predicted molar refractivity (Wildman–Crippen MR) is 65.5 cm³/mol. The highest BCUT2D eigenvalue weighted by atomic mass is 16.3. The van der Waals surface area contributed by atoms with Gasteiger partial charge in [0.05, 0.1) is 12.3 Å². The molecule has 0 amide bonds. The Morgan fingerprint density at radius 2 is 2.00 bits per heavy atom. The van der Waals surface area contributed by atoms with Gasteiger partial charge in [-0.15, -0.1) is 0 Å². The highest BCUT2D eigenvalue weighted by Gasteiger charge is 2.16. The van der Waals surface area contributed by atoms with Gasteiger partial charge >= 0.3 is 0 Å². The standard InChI is InChI=1S/C14H17NO/c1-10-6-7-11(2)12(9-10)14(15-3)13-5-4-8-16-13/h4-9,14-15H,1-3H3. The zero-order valence-electron chi connectivity index (χ0n) is 9.95. The number of rotatable bonds is 3. The molecular weight excluding hydrogens is 198 g/mol. The SMILES string of the molecule is CNC(c1ccco1)c1cc(C)ccc1C. The summed E-state index contributed by atoms with van der Waals surface area (Å²) in [4.78, 5) is 0. The molecule has 0 saturated heterocycles. The maximum Gasteiger partial charge on any atom is 0.125 e. The summed E-state index contributed by atoms with van der Waals surface area (Å²) < 4.78 is 5.47. The van der Waals surface area contributed by atoms with Crippen LogP contribution in [0, 0.1) is 13.8 Å². The largest absolute Gasteiger partial charge is 0.467 e. The average Bonchev–Trinajstić information content (AvgIpc) is 2.78. The molecule has 16 heavy (non-hydrogen) atoms. The first kappa shape index (κ1) is 11.0. The quantitative estimate of drug-likeness (QED) is 0.850. The second kappa shape index (κ2) is 4.54. The molecule has 84 valence electrons. The molecule has 1 N–H and O–H groups in total. The molecule has 1 unspecified atom stereocenters. The van der Waals surface area contributed by atoms with Gasteiger partial charge in [-0.25, -0.2) is 0 Å². The lowest BCUT2D eigenvalue weighted by Gasteiger charge is -2.17. The van der Waals surface area contributed by atoms with Gasteiger partial charge in [-0.05, 0) is 44.2 Å². The molecule has 2 rings (SSSR count). The summed E-state index contributed by atoms with van der Waals surface area (Å²) in [5.74, 6) is 0.955. The molecule has 0 spiro atoms. The zero-order valence-corrected chi connectivity index (χ0v) is 9.95. The Morgan fingerprint density at radius 1 is 1.19 bits per heavy atom. The first-order valence-electron chi connectivity index (χ1n) is 5.50. The third-order valence-electron chi connectivity index (χ3n) is 2.86. The minimum Gasteiger partial charge on any atom is -0.467 e. The van der Waals surface area contributed by atoms with Gasteiger partial charge in [-0.2, -0.15) is 0 Å². The molecule has 0 saturated carbocycles. The van der Waals surface area contributed by atoms with Crippen molar-refractivity contribution in [2.24, 2.45) is 0 Å². The molecule has 1 heterocycles. The smallest absolute Gasteiger partial charge is 0.125 e. The first-order chi connectivity index (χ1) is 7.72. The van der Waals surface area contributed by atoms with Crippen molar-refractivity contribution in [3.05, 3.63) is 59.0 Å². The van der Waals surface area contributed by atoms with Gasteiger partial charge in [0.1, 0.15) is 5.76 Å². The maximum atomic E-state index is 5.47. The van der Waals surface area contributed by atoms with E-state index in [2.05, 4.69) is 37.4 Å². The van der Waals surface area contributed by atoms with Crippen molar-refractivity contribution < 1.29 is 4.42 Å². The maximum absolute atomic E-state index is 5.47. The molecule has 1 aromatic heterocycles. The predicted octanol–water partition coefficient (Wildman–Crippen LogP) is 3.21. The molecule has 0 aliphatic carbocycles. The molecule has 0 aliphatic heterocycles. The molecule has 0 bridgehead atoms. The Bertz CT molecular complexity index is 460. The lowest BCUT2D eigenvalue weighted by atomic mass is 9.97. The van der Waals surface area contributed by atoms with Crippen molar-refractivity contribution >= 4 is 0 Å². The topological polar surface area (TPSA) is 25.2 Å². The van der Waals surface area contributed by atoms with Crippen molar-refractivity contribution in [3.63, 3.8) is 0 Å². The second-order valence-electron chi connectivity index (χ2n) is 4.10. The Balaban J connectivity index is 2.44. The van der Waals surface area contributed by atoms with Crippen LogP contribution in [-0.2, 0) is 0 Å². The highest BCUT2D eigenvalue weighted by molar-refractivity contribution is 5.36. The molecule has 2 heteroatoms. The van der Waals surface area contributed by atoms with E-state index in [1.807, 2.05) is 19.2 Å². The van der Waals surface area contributed by atoms with Crippen molar-refractivity contribution in [2.45, 2.75) is 19.9 Å². The van der Waals surface area contributed by atoms with Gasteiger partial charge in [0, 0.05) is 0 Å². The van der Waals surface area contributed by atoms with Crippen LogP contribution in [0.5, 0.6) is 0 Å². The second-order valence-corrected chi connectivity index (χ2v) is 4.10. The third-order valence-corrected chi connectivity index (χ3v) is 2.86. The first-order valence-corrected chi connectivity index (χ1v) is 5.50. The van der Waals surface area contributed by atoms with Crippen LogP contribution in [0.3, 0.4) is 0 Å². The summed E-state index contributed by atoms with van der Waals surface area (Å²) in [6.07, 6.45) is 1.71. The van der Waals surface area contributed by atoms with Crippen LogP contribution in [0.2, 0.25) is 0 Å². The van der Waals surface area contributed by atoms with Gasteiger partial charge in [-0.3, -0.25) is 0 Å². The van der Waals surface area contributed by atoms with Crippen LogP contribution in [-0.4, -0.2) is 7.05 Å². The van der Waals surface area contributed by atoms with Gasteiger partial charge in [0.15, 0.2) is 0 Å². The Labute approximate surface area is 96.3 Å². The van der Waals surface area contributed by atoms with Crippen molar-refractivity contribution in [1.29, 1.82) is 0 Å². The number of hydrogen-bond acceptors (Lipinski definition) is 2. The zero-order chi connectivity index (χ0) is 11.5. The highest BCUT2D eigenvalue weighted by Crippen LogP contribution is 2.25. The van der Waals surface area contributed by atoms with E-state index in [0.717, 1.165) is 5.76 Å². The molecular formula is C14H17NO. The van der Waals surface area contributed by atoms with E-state index in [-0.39, 0.29) is 6.04 Å². The lowest BCUT2D eigenvalue weighted by molar-refractivity contribution is 0.462. The van der Waals surface area contributed by atoms with Crippen LogP contribution in [0.1, 0.15) is 28.5 Å². The number of hydrogen-bond donors (Lipinski definition) is 1. The summed E-state index contributed by atoms with van der Waals surface area (Å²) in [7, 11) is 1.95. The molecule has 1 aromatic carbocycles. The van der Waals surface area contributed by atoms with E-state index < -0.39 is 0 Å². The van der Waals surface area contributed by atoms with Crippen LogP contribution in [0.25, 0.3) is 0 Å².